The number of halogens is 1. The smallest absolute Gasteiger partial charge is 0.305 e. The van der Waals surface area contributed by atoms with Crippen molar-refractivity contribution in [3.05, 3.63) is 67.2 Å². The van der Waals surface area contributed by atoms with E-state index >= 15 is 0 Å². The van der Waals surface area contributed by atoms with E-state index in [1.807, 2.05) is 6.92 Å². The summed E-state index contributed by atoms with van der Waals surface area (Å²) in [6.45, 7) is 3.59. The van der Waals surface area contributed by atoms with Crippen molar-refractivity contribution in [1.29, 1.82) is 0 Å². The molecular formula is C18H18ClN3O4S. The number of fused-ring (bicyclic) bond motifs is 1. The minimum Gasteiger partial charge on any atom is -0.305 e. The van der Waals surface area contributed by atoms with Gasteiger partial charge in [-0.2, -0.15) is 0 Å². The van der Waals surface area contributed by atoms with Crippen LogP contribution in [0.4, 0.5) is 5.69 Å². The van der Waals surface area contributed by atoms with Gasteiger partial charge in [-0.15, -0.1) is 0 Å². The molecule has 3 rings (SSSR count). The Morgan fingerprint density at radius 2 is 1.48 bits per heavy atom. The van der Waals surface area contributed by atoms with Crippen molar-refractivity contribution in [3.8, 4) is 0 Å². The molecule has 0 radical (unpaired) electrons. The summed E-state index contributed by atoms with van der Waals surface area (Å²) >= 11 is 6.25. The third-order valence-electron chi connectivity index (χ3n) is 4.44. The Balaban J connectivity index is 2.19. The minimum atomic E-state index is -3.88. The second-order valence-corrected chi connectivity index (χ2v) is 8.48. The van der Waals surface area contributed by atoms with Gasteiger partial charge >= 0.3 is 11.1 Å². The Hall–Kier alpha value is -2.58. The molecule has 0 aliphatic rings. The molecule has 0 aliphatic carbocycles. The highest BCUT2D eigenvalue weighted by Crippen LogP contribution is 2.29. The molecule has 0 saturated carbocycles. The summed E-state index contributed by atoms with van der Waals surface area (Å²) in [5, 5.41) is 0.115. The second kappa shape index (κ2) is 6.54. The lowest BCUT2D eigenvalue weighted by Crippen LogP contribution is -2.39. The summed E-state index contributed by atoms with van der Waals surface area (Å²) in [5.74, 6) is 0. The normalized spacial score (nSPS) is 11.7. The number of rotatable bonds is 3. The first kappa shape index (κ1) is 19.2. The maximum Gasteiger partial charge on any atom is 0.316 e. The Morgan fingerprint density at radius 3 is 2.04 bits per heavy atom. The maximum atomic E-state index is 12.8. The van der Waals surface area contributed by atoms with E-state index < -0.39 is 21.1 Å². The number of aryl methyl sites for hydroxylation is 4. The first-order valence-electron chi connectivity index (χ1n) is 8.02. The molecule has 0 unspecified atom stereocenters. The number of nitrogens with one attached hydrogen (secondary N) is 1. The number of benzene rings is 2. The molecule has 3 aromatic rings. The fourth-order valence-corrected chi connectivity index (χ4v) is 4.53. The van der Waals surface area contributed by atoms with Crippen LogP contribution in [0.3, 0.4) is 0 Å². The van der Waals surface area contributed by atoms with E-state index in [4.69, 9.17) is 11.6 Å². The number of hydrogen-bond acceptors (Lipinski definition) is 4. The van der Waals surface area contributed by atoms with Gasteiger partial charge in [0.15, 0.2) is 0 Å². The van der Waals surface area contributed by atoms with E-state index in [1.165, 1.54) is 41.4 Å². The summed E-state index contributed by atoms with van der Waals surface area (Å²) in [6, 6.07) is 7.91. The van der Waals surface area contributed by atoms with Crippen molar-refractivity contribution in [2.24, 2.45) is 14.1 Å². The third-order valence-corrected chi connectivity index (χ3v) is 6.28. The van der Waals surface area contributed by atoms with Crippen LogP contribution in [0.15, 0.2) is 44.8 Å². The molecule has 1 aromatic heterocycles. The first-order valence-corrected chi connectivity index (χ1v) is 9.88. The summed E-state index contributed by atoms with van der Waals surface area (Å²) in [7, 11) is -0.977. The lowest BCUT2D eigenvalue weighted by Gasteiger charge is -2.15. The van der Waals surface area contributed by atoms with Crippen molar-refractivity contribution in [3.63, 3.8) is 0 Å². The molecule has 7 nitrogen and oxygen atoms in total. The Bertz CT molecular complexity index is 1310. The van der Waals surface area contributed by atoms with Crippen LogP contribution < -0.4 is 15.8 Å². The average Bonchev–Trinajstić information content (AvgIpc) is 2.59. The van der Waals surface area contributed by atoms with Gasteiger partial charge in [-0.1, -0.05) is 29.3 Å². The van der Waals surface area contributed by atoms with Gasteiger partial charge < -0.3 is 9.13 Å². The Labute approximate surface area is 160 Å². The van der Waals surface area contributed by atoms with Crippen LogP contribution in [0.5, 0.6) is 0 Å². The zero-order valence-electron chi connectivity index (χ0n) is 15.2. The van der Waals surface area contributed by atoms with Gasteiger partial charge in [-0.05, 0) is 37.6 Å². The second-order valence-electron chi connectivity index (χ2n) is 6.42. The van der Waals surface area contributed by atoms with Crippen molar-refractivity contribution in [2.45, 2.75) is 18.7 Å². The van der Waals surface area contributed by atoms with Gasteiger partial charge in [-0.25, -0.2) is 8.42 Å². The monoisotopic (exact) mass is 407 g/mol. The van der Waals surface area contributed by atoms with Crippen LogP contribution >= 0.6 is 11.6 Å². The van der Waals surface area contributed by atoms with Crippen LogP contribution in [-0.2, 0) is 24.1 Å². The summed E-state index contributed by atoms with van der Waals surface area (Å²) in [5.41, 5.74) is 1.07. The zero-order chi connectivity index (χ0) is 20.1. The molecule has 0 spiro atoms. The Kier molecular flexibility index (Phi) is 4.65. The molecule has 0 amide bonds. The zero-order valence-corrected chi connectivity index (χ0v) is 16.8. The van der Waals surface area contributed by atoms with Crippen molar-refractivity contribution in [2.75, 3.05) is 4.72 Å². The van der Waals surface area contributed by atoms with Gasteiger partial charge in [0.25, 0.3) is 10.0 Å². The summed E-state index contributed by atoms with van der Waals surface area (Å²) < 4.78 is 30.4. The molecule has 1 N–H and O–H groups in total. The van der Waals surface area contributed by atoms with Crippen molar-refractivity contribution in [1.82, 2.24) is 9.13 Å². The predicted molar refractivity (Wildman–Crippen MR) is 106 cm³/mol. The minimum absolute atomic E-state index is 0.115. The van der Waals surface area contributed by atoms with E-state index in [0.29, 0.717) is 16.6 Å². The average molecular weight is 408 g/mol. The van der Waals surface area contributed by atoms with Crippen LogP contribution in [0.2, 0.25) is 5.02 Å². The maximum absolute atomic E-state index is 12.8. The molecule has 2 aromatic carbocycles. The van der Waals surface area contributed by atoms with Crippen LogP contribution in [0.25, 0.3) is 11.0 Å². The highest BCUT2D eigenvalue weighted by atomic mass is 35.5. The fraction of sp³-hybridized carbons (Fsp3) is 0.222. The number of aromatic nitrogens is 2. The van der Waals surface area contributed by atoms with Crippen LogP contribution in [0, 0.1) is 13.8 Å². The van der Waals surface area contributed by atoms with Crippen LogP contribution in [-0.4, -0.2) is 17.6 Å². The number of anilines is 1. The summed E-state index contributed by atoms with van der Waals surface area (Å²) in [6.07, 6.45) is 0. The highest BCUT2D eigenvalue weighted by Gasteiger charge is 2.20. The standard InChI is InChI=1S/C18H18ClN3O4S/c1-10-5-6-16(11(2)7-10)27(25,26)20-13-9-15-14(8-12(13)19)21(3)17(23)18(24)22(15)4/h5-9,20H,1-4H3. The number of hydrogen-bond donors (Lipinski definition) is 1. The van der Waals surface area contributed by atoms with E-state index in [9.17, 15) is 18.0 Å². The lowest BCUT2D eigenvalue weighted by atomic mass is 10.2. The van der Waals surface area contributed by atoms with E-state index in [-0.39, 0.29) is 15.6 Å². The SMILES string of the molecule is Cc1ccc(S(=O)(=O)Nc2cc3c(cc2Cl)n(C)c(=O)c(=O)n3C)c(C)c1. The fourth-order valence-electron chi connectivity index (χ4n) is 2.97. The number of sulfonamides is 1. The van der Waals surface area contributed by atoms with Gasteiger partial charge in [0, 0.05) is 14.1 Å². The molecule has 0 bridgehead atoms. The molecule has 142 valence electrons. The first-order chi connectivity index (χ1) is 12.5. The molecule has 0 fully saturated rings. The topological polar surface area (TPSA) is 90.2 Å². The molecule has 9 heteroatoms. The van der Waals surface area contributed by atoms with Gasteiger partial charge in [0.2, 0.25) is 0 Å². The van der Waals surface area contributed by atoms with E-state index in [1.54, 1.807) is 19.1 Å². The molecule has 0 saturated heterocycles. The molecule has 0 atom stereocenters. The number of nitrogens with zero attached hydrogens (tertiary/aromatic N) is 2. The third kappa shape index (κ3) is 3.26. The lowest BCUT2D eigenvalue weighted by molar-refractivity contribution is 0.600. The van der Waals surface area contributed by atoms with E-state index in [2.05, 4.69) is 4.72 Å². The van der Waals surface area contributed by atoms with Crippen molar-refractivity contribution < 1.29 is 8.42 Å². The molecular weight excluding hydrogens is 390 g/mol. The molecule has 1 heterocycles. The quantitative estimate of drug-likeness (QED) is 0.674. The van der Waals surface area contributed by atoms with Gasteiger partial charge in [0.1, 0.15) is 0 Å². The molecule has 0 aliphatic heterocycles. The van der Waals surface area contributed by atoms with Gasteiger partial charge in [-0.3, -0.25) is 14.3 Å². The van der Waals surface area contributed by atoms with Gasteiger partial charge in [0.05, 0.1) is 26.6 Å². The summed E-state index contributed by atoms with van der Waals surface area (Å²) in [4.78, 5) is 24.1. The Morgan fingerprint density at radius 1 is 0.926 bits per heavy atom. The largest absolute Gasteiger partial charge is 0.316 e. The molecule has 27 heavy (non-hydrogen) atoms. The van der Waals surface area contributed by atoms with Crippen LogP contribution in [0.1, 0.15) is 11.1 Å². The highest BCUT2D eigenvalue weighted by molar-refractivity contribution is 7.92. The predicted octanol–water partition coefficient (Wildman–Crippen LogP) is 2.31. The van der Waals surface area contributed by atoms with E-state index in [0.717, 1.165) is 5.56 Å². The van der Waals surface area contributed by atoms with Crippen molar-refractivity contribution >= 4 is 38.3 Å².